The van der Waals surface area contributed by atoms with Gasteiger partial charge in [-0.1, -0.05) is 12.1 Å². The largest absolute Gasteiger partial charge is 0.434 e. The third kappa shape index (κ3) is 3.58. The lowest BCUT2D eigenvalue weighted by Gasteiger charge is -2.22. The highest BCUT2D eigenvalue weighted by Gasteiger charge is 2.21. The maximum absolute atomic E-state index is 13.0. The van der Waals surface area contributed by atoms with E-state index in [0.717, 1.165) is 0 Å². The van der Waals surface area contributed by atoms with Crippen LogP contribution in [0, 0.1) is 5.82 Å². The van der Waals surface area contributed by atoms with Crippen LogP contribution in [0.2, 0.25) is 0 Å². The molecule has 0 radical (unpaired) electrons. The fourth-order valence-electron chi connectivity index (χ4n) is 2.05. The average molecular weight is 309 g/mol. The summed E-state index contributed by atoms with van der Waals surface area (Å²) in [5, 5.41) is 0. The summed E-state index contributed by atoms with van der Waals surface area (Å²) in [5.41, 5.74) is 0.495. The van der Waals surface area contributed by atoms with Crippen LogP contribution in [-0.2, 0) is 0 Å². The topological polar surface area (TPSA) is 29.5 Å². The van der Waals surface area contributed by atoms with Crippen LogP contribution in [0.1, 0.15) is 17.3 Å². The van der Waals surface area contributed by atoms with Gasteiger partial charge in [0, 0.05) is 12.2 Å². The van der Waals surface area contributed by atoms with E-state index in [4.69, 9.17) is 0 Å². The van der Waals surface area contributed by atoms with Crippen LogP contribution in [0.25, 0.3) is 0 Å². The lowest BCUT2D eigenvalue weighted by molar-refractivity contribution is -0.0501. The summed E-state index contributed by atoms with van der Waals surface area (Å²) in [4.78, 5) is 13.9. The summed E-state index contributed by atoms with van der Waals surface area (Å²) in [6.07, 6.45) is 0. The Kier molecular flexibility index (Phi) is 5.04. The van der Waals surface area contributed by atoms with Crippen LogP contribution >= 0.6 is 0 Å². The first kappa shape index (κ1) is 15.9. The van der Waals surface area contributed by atoms with Gasteiger partial charge in [0.15, 0.2) is 0 Å². The van der Waals surface area contributed by atoms with Gasteiger partial charge in [0.05, 0.1) is 5.56 Å². The van der Waals surface area contributed by atoms with Gasteiger partial charge in [0.2, 0.25) is 0 Å². The van der Waals surface area contributed by atoms with Gasteiger partial charge in [-0.25, -0.2) is 4.39 Å². The van der Waals surface area contributed by atoms with E-state index in [1.165, 1.54) is 47.4 Å². The van der Waals surface area contributed by atoms with E-state index in [0.29, 0.717) is 12.2 Å². The van der Waals surface area contributed by atoms with Crippen LogP contribution in [0.5, 0.6) is 5.75 Å². The number of halogens is 3. The van der Waals surface area contributed by atoms with E-state index in [1.807, 2.05) is 0 Å². The first-order valence-corrected chi connectivity index (χ1v) is 6.64. The van der Waals surface area contributed by atoms with Crippen molar-refractivity contribution in [1.29, 1.82) is 0 Å². The van der Waals surface area contributed by atoms with Crippen molar-refractivity contribution in [3.05, 3.63) is 59.9 Å². The van der Waals surface area contributed by atoms with Crippen molar-refractivity contribution in [1.82, 2.24) is 0 Å². The summed E-state index contributed by atoms with van der Waals surface area (Å²) in [5.74, 6) is -1.11. The van der Waals surface area contributed by atoms with Crippen molar-refractivity contribution in [2.24, 2.45) is 0 Å². The number of benzene rings is 2. The molecule has 0 atom stereocenters. The molecular formula is C16H14F3NO2. The van der Waals surface area contributed by atoms with Gasteiger partial charge in [-0.2, -0.15) is 8.78 Å². The van der Waals surface area contributed by atoms with Gasteiger partial charge in [-0.15, -0.1) is 0 Å². The average Bonchev–Trinajstić information content (AvgIpc) is 2.49. The second-order valence-electron chi connectivity index (χ2n) is 4.40. The summed E-state index contributed by atoms with van der Waals surface area (Å²) in [6.45, 7) is -0.986. The Morgan fingerprint density at radius 2 is 1.77 bits per heavy atom. The Hall–Kier alpha value is -2.50. The number of amides is 1. The zero-order valence-electron chi connectivity index (χ0n) is 11.8. The molecular weight excluding hydrogens is 295 g/mol. The van der Waals surface area contributed by atoms with Crippen molar-refractivity contribution in [3.8, 4) is 5.75 Å². The number of carbonyl (C=O) groups is 1. The number of carbonyl (C=O) groups excluding carboxylic acids is 1. The normalized spacial score (nSPS) is 10.6. The quantitative estimate of drug-likeness (QED) is 0.832. The van der Waals surface area contributed by atoms with Crippen LogP contribution in [-0.4, -0.2) is 19.1 Å². The number of rotatable bonds is 5. The monoisotopic (exact) mass is 309 g/mol. The number of hydrogen-bond donors (Lipinski definition) is 0. The molecule has 0 spiro atoms. The first-order chi connectivity index (χ1) is 10.5. The summed E-state index contributed by atoms with van der Waals surface area (Å²) in [7, 11) is 0. The number of hydrogen-bond acceptors (Lipinski definition) is 2. The van der Waals surface area contributed by atoms with Crippen molar-refractivity contribution >= 4 is 11.6 Å². The third-order valence-corrected chi connectivity index (χ3v) is 3.03. The molecule has 3 nitrogen and oxygen atoms in total. The minimum absolute atomic E-state index is 0.0222. The molecule has 0 aliphatic carbocycles. The number of ether oxygens (including phenoxy) is 1. The molecule has 22 heavy (non-hydrogen) atoms. The molecule has 0 N–H and O–H groups in total. The minimum Gasteiger partial charge on any atom is -0.434 e. The van der Waals surface area contributed by atoms with Gasteiger partial charge in [-0.3, -0.25) is 4.79 Å². The molecule has 1 amide bonds. The number of anilines is 1. The van der Waals surface area contributed by atoms with Gasteiger partial charge in [0.1, 0.15) is 11.6 Å². The van der Waals surface area contributed by atoms with E-state index < -0.39 is 18.3 Å². The van der Waals surface area contributed by atoms with E-state index in [-0.39, 0.29) is 11.3 Å². The Morgan fingerprint density at radius 1 is 1.14 bits per heavy atom. The highest BCUT2D eigenvalue weighted by atomic mass is 19.3. The molecule has 2 aromatic carbocycles. The molecule has 0 saturated carbocycles. The van der Waals surface area contributed by atoms with Crippen molar-refractivity contribution in [2.45, 2.75) is 13.5 Å². The second kappa shape index (κ2) is 6.98. The molecule has 0 aliphatic heterocycles. The Bertz CT molecular complexity index is 644. The van der Waals surface area contributed by atoms with E-state index >= 15 is 0 Å². The molecule has 0 aliphatic rings. The maximum Gasteiger partial charge on any atom is 0.387 e. The molecule has 0 bridgehead atoms. The minimum atomic E-state index is -3.02. The smallest absolute Gasteiger partial charge is 0.387 e. The fraction of sp³-hybridized carbons (Fsp3) is 0.188. The zero-order chi connectivity index (χ0) is 16.1. The van der Waals surface area contributed by atoms with E-state index in [2.05, 4.69) is 4.74 Å². The second-order valence-corrected chi connectivity index (χ2v) is 4.40. The predicted octanol–water partition coefficient (Wildman–Crippen LogP) is 4.09. The number of alkyl halides is 2. The lowest BCUT2D eigenvalue weighted by atomic mass is 10.1. The maximum atomic E-state index is 13.0. The van der Waals surface area contributed by atoms with Crippen LogP contribution < -0.4 is 9.64 Å². The Morgan fingerprint density at radius 3 is 2.36 bits per heavy atom. The van der Waals surface area contributed by atoms with Crippen molar-refractivity contribution < 1.29 is 22.7 Å². The number of para-hydroxylation sites is 1. The predicted molar refractivity (Wildman–Crippen MR) is 76.8 cm³/mol. The molecule has 0 unspecified atom stereocenters. The molecule has 6 heteroatoms. The molecule has 0 saturated heterocycles. The van der Waals surface area contributed by atoms with Crippen LogP contribution in [0.15, 0.2) is 48.5 Å². The molecule has 0 heterocycles. The van der Waals surface area contributed by atoms with Gasteiger partial charge in [0.25, 0.3) is 5.91 Å². The van der Waals surface area contributed by atoms with Gasteiger partial charge in [-0.05, 0) is 43.3 Å². The molecule has 0 fully saturated rings. The van der Waals surface area contributed by atoms with E-state index in [9.17, 15) is 18.0 Å². The first-order valence-electron chi connectivity index (χ1n) is 6.64. The highest BCUT2D eigenvalue weighted by Crippen LogP contribution is 2.24. The molecule has 0 aromatic heterocycles. The lowest BCUT2D eigenvalue weighted by Crippen LogP contribution is -2.31. The van der Waals surface area contributed by atoms with Crippen molar-refractivity contribution in [3.63, 3.8) is 0 Å². The van der Waals surface area contributed by atoms with Crippen LogP contribution in [0.3, 0.4) is 0 Å². The SMILES string of the molecule is CCN(C(=O)c1ccccc1OC(F)F)c1ccc(F)cc1. The summed E-state index contributed by atoms with van der Waals surface area (Å²) < 4.78 is 42.2. The summed E-state index contributed by atoms with van der Waals surface area (Å²) >= 11 is 0. The summed E-state index contributed by atoms with van der Waals surface area (Å²) in [6, 6.07) is 11.1. The highest BCUT2D eigenvalue weighted by molar-refractivity contribution is 6.07. The molecule has 2 rings (SSSR count). The Labute approximate surface area is 125 Å². The standard InChI is InChI=1S/C16H14F3NO2/c1-2-20(12-9-7-11(17)8-10-12)15(21)13-5-3-4-6-14(13)22-16(18)19/h3-10,16H,2H2,1H3. The van der Waals surface area contributed by atoms with Gasteiger partial charge >= 0.3 is 6.61 Å². The third-order valence-electron chi connectivity index (χ3n) is 3.03. The van der Waals surface area contributed by atoms with Gasteiger partial charge < -0.3 is 9.64 Å². The Balaban J connectivity index is 2.34. The van der Waals surface area contributed by atoms with Crippen LogP contribution in [0.4, 0.5) is 18.9 Å². The number of nitrogens with zero attached hydrogens (tertiary/aromatic N) is 1. The fourth-order valence-corrected chi connectivity index (χ4v) is 2.05. The molecule has 2 aromatic rings. The van der Waals surface area contributed by atoms with E-state index in [1.54, 1.807) is 13.0 Å². The zero-order valence-corrected chi connectivity index (χ0v) is 11.8. The molecule has 116 valence electrons. The van der Waals surface area contributed by atoms with Crippen molar-refractivity contribution in [2.75, 3.05) is 11.4 Å².